The summed E-state index contributed by atoms with van der Waals surface area (Å²) in [6, 6.07) is 0.496. The highest BCUT2D eigenvalue weighted by Crippen LogP contribution is 2.36. The van der Waals surface area contributed by atoms with Crippen LogP contribution < -0.4 is 0 Å². The molecule has 0 radical (unpaired) electrons. The Kier molecular flexibility index (Phi) is 5.76. The molecule has 0 aromatic heterocycles. The molecule has 22 heavy (non-hydrogen) atoms. The average molecular weight is 326 g/mol. The Hall–Kier alpha value is -0.353. The Morgan fingerprint density at radius 2 is 1.64 bits per heavy atom. The summed E-state index contributed by atoms with van der Waals surface area (Å²) in [5.41, 5.74) is -0.158. The van der Waals surface area contributed by atoms with E-state index < -0.39 is 9.76 Å². The van der Waals surface area contributed by atoms with Crippen molar-refractivity contribution in [2.24, 2.45) is 5.92 Å². The monoisotopic (exact) mass is 325 g/mol. The molecule has 0 N–H and O–H groups in total. The van der Waals surface area contributed by atoms with E-state index in [0.29, 0.717) is 29.3 Å². The van der Waals surface area contributed by atoms with Gasteiger partial charge in [-0.15, -0.1) is 0 Å². The summed E-state index contributed by atoms with van der Waals surface area (Å²) < 4.78 is 6.35. The summed E-state index contributed by atoms with van der Waals surface area (Å²) >= 11 is 0. The minimum Gasteiger partial charge on any atom is -0.418 e. The first-order chi connectivity index (χ1) is 10.2. The highest BCUT2D eigenvalue weighted by molar-refractivity contribution is 6.31. The van der Waals surface area contributed by atoms with E-state index >= 15 is 0 Å². The van der Waals surface area contributed by atoms with Gasteiger partial charge >= 0.3 is 0 Å². The van der Waals surface area contributed by atoms with Gasteiger partial charge in [0.25, 0.3) is 0 Å². The fourth-order valence-electron chi connectivity index (χ4n) is 3.64. The van der Waals surface area contributed by atoms with Crippen LogP contribution in [0.2, 0.25) is 5.04 Å². The van der Waals surface area contributed by atoms with Gasteiger partial charge in [0.2, 0.25) is 5.91 Å². The first-order valence-corrected chi connectivity index (χ1v) is 10.4. The lowest BCUT2D eigenvalue weighted by atomic mass is 9.90. The maximum Gasteiger partial charge on any atom is 0.223 e. The van der Waals surface area contributed by atoms with Gasteiger partial charge in [0, 0.05) is 24.9 Å². The second-order valence-corrected chi connectivity index (χ2v) is 11.7. The maximum atomic E-state index is 12.5. The number of carbonyl (C=O) groups is 1. The number of nitrogens with zero attached hydrogens (tertiary/aromatic N) is 1. The molecule has 0 bridgehead atoms. The van der Waals surface area contributed by atoms with Gasteiger partial charge in [-0.2, -0.15) is 0 Å². The lowest BCUT2D eigenvalue weighted by molar-refractivity contribution is -0.130. The van der Waals surface area contributed by atoms with Crippen LogP contribution in [0.25, 0.3) is 0 Å². The van der Waals surface area contributed by atoms with E-state index in [1.165, 1.54) is 38.5 Å². The minimum atomic E-state index is -0.580. The van der Waals surface area contributed by atoms with Crippen LogP contribution in [0.1, 0.15) is 79.6 Å². The maximum absolute atomic E-state index is 12.5. The second kappa shape index (κ2) is 7.04. The van der Waals surface area contributed by atoms with Gasteiger partial charge < -0.3 is 9.33 Å². The quantitative estimate of drug-likeness (QED) is 0.583. The molecule has 0 spiro atoms. The Morgan fingerprint density at radius 3 is 2.18 bits per heavy atom. The van der Waals surface area contributed by atoms with Gasteiger partial charge in [0.05, 0.1) is 5.60 Å². The Labute approximate surface area is 139 Å². The SMILES string of the molecule is CC(C)(C)[SiH2]OC(C)(C)C1CC(=O)N(C2CCCCCC2)C1. The molecule has 1 saturated carbocycles. The van der Waals surface area contributed by atoms with E-state index in [1.807, 2.05) is 0 Å². The van der Waals surface area contributed by atoms with E-state index in [9.17, 15) is 4.79 Å². The normalized spacial score (nSPS) is 26.1. The van der Waals surface area contributed by atoms with Crippen LogP contribution in [0.15, 0.2) is 0 Å². The Morgan fingerprint density at radius 1 is 1.05 bits per heavy atom. The van der Waals surface area contributed by atoms with E-state index in [4.69, 9.17) is 4.43 Å². The molecule has 0 aromatic rings. The van der Waals surface area contributed by atoms with Crippen LogP contribution in [0.5, 0.6) is 0 Å². The smallest absolute Gasteiger partial charge is 0.223 e. The summed E-state index contributed by atoms with van der Waals surface area (Å²) in [7, 11) is -0.580. The van der Waals surface area contributed by atoms with E-state index in [-0.39, 0.29) is 5.60 Å². The number of rotatable bonds is 4. The van der Waals surface area contributed by atoms with Gasteiger partial charge in [0.15, 0.2) is 9.76 Å². The van der Waals surface area contributed by atoms with Crippen LogP contribution in [0.3, 0.4) is 0 Å². The largest absolute Gasteiger partial charge is 0.418 e. The molecule has 2 fully saturated rings. The van der Waals surface area contributed by atoms with Gasteiger partial charge in [-0.25, -0.2) is 0 Å². The summed E-state index contributed by atoms with van der Waals surface area (Å²) in [5.74, 6) is 0.726. The zero-order chi connectivity index (χ0) is 16.4. The molecule has 4 heteroatoms. The zero-order valence-corrected chi connectivity index (χ0v) is 16.7. The van der Waals surface area contributed by atoms with Gasteiger partial charge in [-0.05, 0) is 31.7 Å². The lowest BCUT2D eigenvalue weighted by Gasteiger charge is -2.35. The minimum absolute atomic E-state index is 0.158. The van der Waals surface area contributed by atoms with Crippen LogP contribution in [-0.4, -0.2) is 38.8 Å². The fraction of sp³-hybridized carbons (Fsp3) is 0.944. The third kappa shape index (κ3) is 4.82. The van der Waals surface area contributed by atoms with Crippen LogP contribution in [-0.2, 0) is 9.22 Å². The molecule has 128 valence electrons. The van der Waals surface area contributed by atoms with Crippen molar-refractivity contribution in [2.75, 3.05) is 6.54 Å². The summed E-state index contributed by atoms with van der Waals surface area (Å²) in [5, 5.41) is 0.306. The van der Waals surface area contributed by atoms with Crippen molar-refractivity contribution >= 4 is 15.7 Å². The van der Waals surface area contributed by atoms with Crippen LogP contribution in [0.4, 0.5) is 0 Å². The van der Waals surface area contributed by atoms with Crippen molar-refractivity contribution < 1.29 is 9.22 Å². The van der Waals surface area contributed by atoms with Crippen molar-refractivity contribution in [3.05, 3.63) is 0 Å². The standard InChI is InChI=1S/C18H35NO2Si/c1-17(2,3)22-21-18(4,5)14-12-16(20)19(13-14)15-10-8-6-7-9-11-15/h14-15H,6-13,22H2,1-5H3. The average Bonchev–Trinajstić information content (AvgIpc) is 2.63. The zero-order valence-electron chi connectivity index (χ0n) is 15.3. The van der Waals surface area contributed by atoms with E-state index in [1.54, 1.807) is 0 Å². The number of amides is 1. The Balaban J connectivity index is 1.95. The van der Waals surface area contributed by atoms with E-state index in [0.717, 1.165) is 6.54 Å². The topological polar surface area (TPSA) is 29.5 Å². The van der Waals surface area contributed by atoms with Crippen molar-refractivity contribution in [3.63, 3.8) is 0 Å². The first kappa shape index (κ1) is 18.0. The molecule has 2 aliphatic rings. The predicted molar refractivity (Wildman–Crippen MR) is 94.7 cm³/mol. The van der Waals surface area contributed by atoms with Crippen LogP contribution >= 0.6 is 0 Å². The molecular formula is C18H35NO2Si. The molecule has 1 saturated heterocycles. The number of hydrogen-bond donors (Lipinski definition) is 0. The molecule has 1 aliphatic heterocycles. The van der Waals surface area contributed by atoms with Crippen molar-refractivity contribution in [1.29, 1.82) is 0 Å². The van der Waals surface area contributed by atoms with Crippen molar-refractivity contribution in [1.82, 2.24) is 4.90 Å². The van der Waals surface area contributed by atoms with Crippen LogP contribution in [0, 0.1) is 5.92 Å². The molecule has 2 rings (SSSR count). The second-order valence-electron chi connectivity index (χ2n) is 9.05. The highest BCUT2D eigenvalue weighted by Gasteiger charge is 2.42. The highest BCUT2D eigenvalue weighted by atomic mass is 28.2. The third-order valence-corrected chi connectivity index (χ3v) is 7.04. The molecule has 1 atom stereocenters. The molecule has 1 heterocycles. The summed E-state index contributed by atoms with van der Waals surface area (Å²) in [6.45, 7) is 12.1. The third-order valence-electron chi connectivity index (χ3n) is 5.28. The fourth-order valence-corrected chi connectivity index (χ4v) is 4.68. The molecule has 3 nitrogen and oxygen atoms in total. The van der Waals surface area contributed by atoms with Gasteiger partial charge in [0.1, 0.15) is 0 Å². The predicted octanol–water partition coefficient (Wildman–Crippen LogP) is 3.66. The van der Waals surface area contributed by atoms with Crippen molar-refractivity contribution in [2.45, 2.75) is 96.2 Å². The van der Waals surface area contributed by atoms with Crippen molar-refractivity contribution in [3.8, 4) is 0 Å². The molecule has 1 amide bonds. The lowest BCUT2D eigenvalue weighted by Crippen LogP contribution is -2.41. The number of likely N-dealkylation sites (tertiary alicyclic amines) is 1. The molecule has 0 aromatic carbocycles. The number of carbonyl (C=O) groups excluding carboxylic acids is 1. The molecule has 1 aliphatic carbocycles. The van der Waals surface area contributed by atoms with E-state index in [2.05, 4.69) is 39.5 Å². The summed E-state index contributed by atoms with van der Waals surface area (Å²) in [4.78, 5) is 14.7. The van der Waals surface area contributed by atoms with Gasteiger partial charge in [-0.1, -0.05) is 46.5 Å². The van der Waals surface area contributed by atoms with Gasteiger partial charge in [-0.3, -0.25) is 4.79 Å². The molecule has 1 unspecified atom stereocenters. The number of hydrogen-bond acceptors (Lipinski definition) is 2. The Bertz CT molecular complexity index is 381. The molecular weight excluding hydrogens is 290 g/mol. The first-order valence-electron chi connectivity index (χ1n) is 9.12. The summed E-state index contributed by atoms with van der Waals surface area (Å²) in [6.07, 6.45) is 8.35.